The Hall–Kier alpha value is -1.53. The third kappa shape index (κ3) is 1.89. The molecule has 0 spiro atoms. The Bertz CT molecular complexity index is 606. The van der Waals surface area contributed by atoms with Crippen molar-refractivity contribution in [1.29, 1.82) is 0 Å². The quantitative estimate of drug-likeness (QED) is 0.854. The number of rotatable bonds is 1. The summed E-state index contributed by atoms with van der Waals surface area (Å²) in [7, 11) is 0. The molecule has 1 aromatic heterocycles. The number of halogens is 1. The van der Waals surface area contributed by atoms with Gasteiger partial charge in [-0.2, -0.15) is 9.78 Å². The molecular weight excluding hydrogens is 258 g/mol. The topological polar surface area (TPSA) is 69.1 Å². The van der Waals surface area contributed by atoms with Crippen LogP contribution in [-0.4, -0.2) is 26.5 Å². The smallest absolute Gasteiger partial charge is 0.212 e. The SMILES string of the molecule is NC1=Nn2c(nnc2-c2cccc(Cl)c2)SC1. The van der Waals surface area contributed by atoms with Crippen LogP contribution in [0.15, 0.2) is 34.5 Å². The predicted molar refractivity (Wildman–Crippen MR) is 68.2 cm³/mol. The molecule has 0 saturated carbocycles. The van der Waals surface area contributed by atoms with E-state index in [-0.39, 0.29) is 0 Å². The van der Waals surface area contributed by atoms with E-state index in [1.807, 2.05) is 24.3 Å². The van der Waals surface area contributed by atoms with E-state index >= 15 is 0 Å². The van der Waals surface area contributed by atoms with Crippen molar-refractivity contribution in [2.45, 2.75) is 5.16 Å². The monoisotopic (exact) mass is 265 g/mol. The second kappa shape index (κ2) is 4.05. The average molecular weight is 266 g/mol. The molecule has 0 bridgehead atoms. The van der Waals surface area contributed by atoms with E-state index in [0.29, 0.717) is 22.4 Å². The van der Waals surface area contributed by atoms with Crippen LogP contribution < -0.4 is 5.73 Å². The van der Waals surface area contributed by atoms with Gasteiger partial charge in [0.2, 0.25) is 5.16 Å². The summed E-state index contributed by atoms with van der Waals surface area (Å²) in [6, 6.07) is 7.41. The number of hydrogen-bond donors (Lipinski definition) is 1. The molecule has 2 heterocycles. The minimum Gasteiger partial charge on any atom is -0.385 e. The van der Waals surface area contributed by atoms with E-state index in [9.17, 15) is 0 Å². The number of benzene rings is 1. The summed E-state index contributed by atoms with van der Waals surface area (Å²) < 4.78 is 1.65. The third-order valence-electron chi connectivity index (χ3n) is 2.27. The Kier molecular flexibility index (Phi) is 2.53. The molecule has 2 aromatic rings. The van der Waals surface area contributed by atoms with Gasteiger partial charge in [0.25, 0.3) is 0 Å². The highest BCUT2D eigenvalue weighted by molar-refractivity contribution is 7.99. The van der Waals surface area contributed by atoms with Gasteiger partial charge in [-0.3, -0.25) is 0 Å². The molecule has 0 fully saturated rings. The fourth-order valence-corrected chi connectivity index (χ4v) is 2.42. The Balaban J connectivity index is 2.15. The zero-order valence-electron chi connectivity index (χ0n) is 8.67. The predicted octanol–water partition coefficient (Wildman–Crippen LogP) is 1.82. The Morgan fingerprint density at radius 3 is 3.06 bits per heavy atom. The van der Waals surface area contributed by atoms with Gasteiger partial charge in [-0.05, 0) is 12.1 Å². The second-order valence-corrected chi connectivity index (χ2v) is 4.89. The van der Waals surface area contributed by atoms with Gasteiger partial charge in [0.05, 0.1) is 5.75 Å². The van der Waals surface area contributed by atoms with Crippen molar-refractivity contribution in [2.24, 2.45) is 10.8 Å². The Labute approximate surface area is 107 Å². The lowest BCUT2D eigenvalue weighted by Gasteiger charge is -2.10. The molecule has 17 heavy (non-hydrogen) atoms. The summed E-state index contributed by atoms with van der Waals surface area (Å²) in [4.78, 5) is 0. The van der Waals surface area contributed by atoms with Crippen LogP contribution in [0.25, 0.3) is 11.4 Å². The van der Waals surface area contributed by atoms with Crippen LogP contribution in [0, 0.1) is 0 Å². The van der Waals surface area contributed by atoms with Crippen molar-refractivity contribution in [3.8, 4) is 11.4 Å². The molecule has 1 aliphatic heterocycles. The minimum atomic E-state index is 0.561. The molecule has 0 amide bonds. The van der Waals surface area contributed by atoms with Crippen molar-refractivity contribution >= 4 is 29.2 Å². The van der Waals surface area contributed by atoms with Crippen LogP contribution in [-0.2, 0) is 0 Å². The molecule has 0 atom stereocenters. The van der Waals surface area contributed by atoms with E-state index in [2.05, 4.69) is 15.3 Å². The van der Waals surface area contributed by atoms with Gasteiger partial charge in [0.1, 0.15) is 5.84 Å². The van der Waals surface area contributed by atoms with Crippen LogP contribution in [0.5, 0.6) is 0 Å². The first kappa shape index (κ1) is 10.6. The highest BCUT2D eigenvalue weighted by Crippen LogP contribution is 2.27. The normalized spacial score (nSPS) is 14.3. The lowest BCUT2D eigenvalue weighted by atomic mass is 10.2. The molecule has 3 rings (SSSR count). The number of fused-ring (bicyclic) bond motifs is 1. The number of thioether (sulfide) groups is 1. The van der Waals surface area contributed by atoms with Gasteiger partial charge in [-0.1, -0.05) is 35.5 Å². The van der Waals surface area contributed by atoms with Gasteiger partial charge in [0, 0.05) is 10.6 Å². The highest BCUT2D eigenvalue weighted by atomic mass is 35.5. The number of nitrogens with zero attached hydrogens (tertiary/aromatic N) is 4. The number of amidine groups is 1. The van der Waals surface area contributed by atoms with Crippen LogP contribution in [0.1, 0.15) is 0 Å². The van der Waals surface area contributed by atoms with Crippen molar-refractivity contribution in [3.05, 3.63) is 29.3 Å². The second-order valence-electron chi connectivity index (χ2n) is 3.51. The lowest BCUT2D eigenvalue weighted by Crippen LogP contribution is -2.20. The summed E-state index contributed by atoms with van der Waals surface area (Å²) in [6.45, 7) is 0. The van der Waals surface area contributed by atoms with Gasteiger partial charge >= 0.3 is 0 Å². The van der Waals surface area contributed by atoms with Gasteiger partial charge in [-0.25, -0.2) is 0 Å². The van der Waals surface area contributed by atoms with Gasteiger partial charge < -0.3 is 5.73 Å². The fraction of sp³-hybridized carbons (Fsp3) is 0.100. The van der Waals surface area contributed by atoms with E-state index in [1.165, 1.54) is 11.8 Å². The molecule has 7 heteroatoms. The molecule has 0 unspecified atom stereocenters. The number of hydrogen-bond acceptors (Lipinski definition) is 5. The standard InChI is InChI=1S/C10H8ClN5S/c11-7-3-1-2-6(4-7)9-13-14-10-16(9)15-8(12)5-17-10/h1-4H,5H2,(H2,12,15). The van der Waals surface area contributed by atoms with E-state index in [4.69, 9.17) is 17.3 Å². The Morgan fingerprint density at radius 2 is 2.24 bits per heavy atom. The molecule has 1 aromatic carbocycles. The largest absolute Gasteiger partial charge is 0.385 e. The molecule has 0 aliphatic carbocycles. The zero-order valence-corrected chi connectivity index (χ0v) is 10.2. The molecule has 1 aliphatic rings. The summed E-state index contributed by atoms with van der Waals surface area (Å²) in [5, 5.41) is 13.8. The fourth-order valence-electron chi connectivity index (χ4n) is 1.55. The maximum atomic E-state index is 5.95. The van der Waals surface area contributed by atoms with E-state index in [1.54, 1.807) is 4.68 Å². The number of aromatic nitrogens is 3. The first-order valence-corrected chi connectivity index (χ1v) is 6.28. The summed E-state index contributed by atoms with van der Waals surface area (Å²) in [5.74, 6) is 1.86. The van der Waals surface area contributed by atoms with Crippen molar-refractivity contribution in [3.63, 3.8) is 0 Å². The van der Waals surface area contributed by atoms with Gasteiger partial charge in [0.15, 0.2) is 5.82 Å². The van der Waals surface area contributed by atoms with E-state index < -0.39 is 0 Å². The number of nitrogens with two attached hydrogens (primary N) is 1. The van der Waals surface area contributed by atoms with Crippen molar-refractivity contribution in [2.75, 3.05) is 5.75 Å². The molecule has 86 valence electrons. The van der Waals surface area contributed by atoms with Crippen molar-refractivity contribution < 1.29 is 0 Å². The van der Waals surface area contributed by atoms with E-state index in [0.717, 1.165) is 10.7 Å². The zero-order chi connectivity index (χ0) is 11.8. The van der Waals surface area contributed by atoms with Crippen LogP contribution in [0.3, 0.4) is 0 Å². The maximum absolute atomic E-state index is 5.95. The minimum absolute atomic E-state index is 0.561. The maximum Gasteiger partial charge on any atom is 0.212 e. The first-order chi connectivity index (χ1) is 8.24. The summed E-state index contributed by atoms with van der Waals surface area (Å²) in [5.41, 5.74) is 6.58. The summed E-state index contributed by atoms with van der Waals surface area (Å²) >= 11 is 7.47. The average Bonchev–Trinajstić information content (AvgIpc) is 2.71. The molecule has 0 radical (unpaired) electrons. The van der Waals surface area contributed by atoms with Crippen LogP contribution in [0.4, 0.5) is 0 Å². The highest BCUT2D eigenvalue weighted by Gasteiger charge is 2.18. The Morgan fingerprint density at radius 1 is 1.35 bits per heavy atom. The third-order valence-corrected chi connectivity index (χ3v) is 3.46. The summed E-state index contributed by atoms with van der Waals surface area (Å²) in [6.07, 6.45) is 0. The van der Waals surface area contributed by atoms with Crippen molar-refractivity contribution in [1.82, 2.24) is 14.9 Å². The van der Waals surface area contributed by atoms with Crippen LogP contribution in [0.2, 0.25) is 5.02 Å². The van der Waals surface area contributed by atoms with Gasteiger partial charge in [-0.15, -0.1) is 10.2 Å². The lowest BCUT2D eigenvalue weighted by molar-refractivity contribution is 0.760. The molecule has 0 saturated heterocycles. The first-order valence-electron chi connectivity index (χ1n) is 4.91. The molecular formula is C10H8ClN5S. The molecule has 2 N–H and O–H groups in total. The molecule has 5 nitrogen and oxygen atoms in total. The van der Waals surface area contributed by atoms with Crippen LogP contribution >= 0.6 is 23.4 Å².